The van der Waals surface area contributed by atoms with E-state index in [9.17, 15) is 8.42 Å². The third kappa shape index (κ3) is 2.80. The summed E-state index contributed by atoms with van der Waals surface area (Å²) in [6, 6.07) is 6.03. The van der Waals surface area contributed by atoms with Crippen LogP contribution in [0.15, 0.2) is 34.5 Å². The molecule has 0 radical (unpaired) electrons. The Bertz CT molecular complexity index is 633. The maximum atomic E-state index is 12.0. The Kier molecular flexibility index (Phi) is 3.53. The van der Waals surface area contributed by atoms with Crippen LogP contribution in [-0.2, 0) is 16.4 Å². The fourth-order valence-corrected chi connectivity index (χ4v) is 3.38. The summed E-state index contributed by atoms with van der Waals surface area (Å²) in [6.07, 6.45) is 0.778. The van der Waals surface area contributed by atoms with Gasteiger partial charge in [-0.15, -0.1) is 11.3 Å². The van der Waals surface area contributed by atoms with Crippen molar-refractivity contribution in [1.82, 2.24) is 4.98 Å². The predicted octanol–water partition coefficient (Wildman–Crippen LogP) is 2.09. The first kappa shape index (κ1) is 12.8. The maximum absolute atomic E-state index is 12.0. The molecule has 0 saturated carbocycles. The van der Waals surface area contributed by atoms with Crippen LogP contribution in [0.5, 0.6) is 0 Å². The normalized spacial score (nSPS) is 11.4. The van der Waals surface area contributed by atoms with E-state index in [1.54, 1.807) is 12.1 Å². The van der Waals surface area contributed by atoms with Crippen molar-refractivity contribution in [2.75, 3.05) is 10.5 Å². The molecule has 0 aliphatic heterocycles. The van der Waals surface area contributed by atoms with Crippen molar-refractivity contribution < 1.29 is 8.42 Å². The van der Waals surface area contributed by atoms with Gasteiger partial charge in [-0.1, -0.05) is 6.92 Å². The SMILES string of the molecule is CCc1csc(NS(=O)(=O)c2ccc(N)cc2)n1. The van der Waals surface area contributed by atoms with Crippen molar-refractivity contribution in [1.29, 1.82) is 0 Å². The second kappa shape index (κ2) is 4.95. The van der Waals surface area contributed by atoms with Crippen LogP contribution in [0.1, 0.15) is 12.6 Å². The molecule has 1 aromatic carbocycles. The number of nitrogen functional groups attached to an aromatic ring is 1. The topological polar surface area (TPSA) is 85.1 Å². The molecule has 1 aromatic heterocycles. The largest absolute Gasteiger partial charge is 0.399 e. The lowest BCUT2D eigenvalue weighted by molar-refractivity contribution is 0.601. The molecule has 0 amide bonds. The number of aromatic nitrogens is 1. The van der Waals surface area contributed by atoms with Crippen LogP contribution in [0.2, 0.25) is 0 Å². The van der Waals surface area contributed by atoms with Crippen LogP contribution in [0.3, 0.4) is 0 Å². The summed E-state index contributed by atoms with van der Waals surface area (Å²) in [4.78, 5) is 4.33. The number of aryl methyl sites for hydroxylation is 1. The minimum Gasteiger partial charge on any atom is -0.399 e. The van der Waals surface area contributed by atoms with Crippen molar-refractivity contribution in [2.24, 2.45) is 0 Å². The molecular formula is C11H13N3O2S2. The van der Waals surface area contributed by atoms with E-state index in [0.29, 0.717) is 10.8 Å². The van der Waals surface area contributed by atoms with E-state index in [-0.39, 0.29) is 4.90 Å². The van der Waals surface area contributed by atoms with Gasteiger partial charge in [-0.25, -0.2) is 13.4 Å². The molecule has 1 heterocycles. The van der Waals surface area contributed by atoms with Crippen molar-refractivity contribution in [3.05, 3.63) is 35.3 Å². The summed E-state index contributed by atoms with van der Waals surface area (Å²) in [5.41, 5.74) is 6.91. The van der Waals surface area contributed by atoms with Gasteiger partial charge >= 0.3 is 0 Å². The van der Waals surface area contributed by atoms with E-state index in [2.05, 4.69) is 9.71 Å². The lowest BCUT2D eigenvalue weighted by atomic mass is 10.3. The molecule has 0 unspecified atom stereocenters. The lowest BCUT2D eigenvalue weighted by Crippen LogP contribution is -2.12. The molecule has 0 aliphatic carbocycles. The van der Waals surface area contributed by atoms with E-state index in [0.717, 1.165) is 12.1 Å². The number of nitrogens with two attached hydrogens (primary N) is 1. The Morgan fingerprint density at radius 3 is 2.56 bits per heavy atom. The van der Waals surface area contributed by atoms with Crippen LogP contribution in [0.25, 0.3) is 0 Å². The first-order valence-electron chi connectivity index (χ1n) is 5.34. The molecular weight excluding hydrogens is 270 g/mol. The van der Waals surface area contributed by atoms with Gasteiger partial charge in [0.15, 0.2) is 5.13 Å². The van der Waals surface area contributed by atoms with Crippen LogP contribution >= 0.6 is 11.3 Å². The van der Waals surface area contributed by atoms with Crippen molar-refractivity contribution >= 4 is 32.2 Å². The minimum atomic E-state index is -3.58. The van der Waals surface area contributed by atoms with E-state index < -0.39 is 10.0 Å². The monoisotopic (exact) mass is 283 g/mol. The summed E-state index contributed by atoms with van der Waals surface area (Å²) in [5, 5.41) is 2.21. The highest BCUT2D eigenvalue weighted by molar-refractivity contribution is 7.93. The second-order valence-electron chi connectivity index (χ2n) is 3.67. The van der Waals surface area contributed by atoms with Crippen LogP contribution < -0.4 is 10.5 Å². The Morgan fingerprint density at radius 1 is 1.33 bits per heavy atom. The molecule has 3 N–H and O–H groups in total. The lowest BCUT2D eigenvalue weighted by Gasteiger charge is -2.05. The van der Waals surface area contributed by atoms with Crippen molar-refractivity contribution in [3.8, 4) is 0 Å². The predicted molar refractivity (Wildman–Crippen MR) is 73.2 cm³/mol. The standard InChI is InChI=1S/C11H13N3O2S2/c1-2-9-7-17-11(13-9)14-18(15,16)10-5-3-8(12)4-6-10/h3-7H,2,12H2,1H3,(H,13,14). The fraction of sp³-hybridized carbons (Fsp3) is 0.182. The molecule has 0 spiro atoms. The van der Waals surface area contributed by atoms with E-state index >= 15 is 0 Å². The van der Waals surface area contributed by atoms with Crippen molar-refractivity contribution in [2.45, 2.75) is 18.2 Å². The quantitative estimate of drug-likeness (QED) is 0.841. The molecule has 2 aromatic rings. The zero-order chi connectivity index (χ0) is 13.2. The molecule has 18 heavy (non-hydrogen) atoms. The number of hydrogen-bond donors (Lipinski definition) is 2. The summed E-state index contributed by atoms with van der Waals surface area (Å²) < 4.78 is 26.5. The van der Waals surface area contributed by atoms with Gasteiger partial charge in [-0.2, -0.15) is 0 Å². The summed E-state index contributed by atoms with van der Waals surface area (Å²) >= 11 is 1.27. The number of sulfonamides is 1. The molecule has 7 heteroatoms. The minimum absolute atomic E-state index is 0.171. The van der Waals surface area contributed by atoms with E-state index in [4.69, 9.17) is 5.73 Å². The van der Waals surface area contributed by atoms with Gasteiger partial charge in [0.1, 0.15) is 0 Å². The Morgan fingerprint density at radius 2 is 2.00 bits per heavy atom. The molecule has 0 saturated heterocycles. The number of rotatable bonds is 4. The number of hydrogen-bond acceptors (Lipinski definition) is 5. The second-order valence-corrected chi connectivity index (χ2v) is 6.21. The first-order valence-corrected chi connectivity index (χ1v) is 7.70. The van der Waals surface area contributed by atoms with Gasteiger partial charge in [-0.05, 0) is 30.7 Å². The Labute approximate surface area is 110 Å². The molecule has 0 atom stereocenters. The van der Waals surface area contributed by atoms with E-state index in [1.807, 2.05) is 12.3 Å². The van der Waals surface area contributed by atoms with Gasteiger partial charge in [0.05, 0.1) is 10.6 Å². The number of nitrogens with zero attached hydrogens (tertiary/aromatic N) is 1. The van der Waals surface area contributed by atoms with Gasteiger partial charge in [-0.3, -0.25) is 4.72 Å². The molecule has 0 bridgehead atoms. The third-order valence-corrected chi connectivity index (χ3v) is 4.62. The van der Waals surface area contributed by atoms with Crippen LogP contribution in [0.4, 0.5) is 10.8 Å². The van der Waals surface area contributed by atoms with Gasteiger partial charge in [0, 0.05) is 11.1 Å². The average molecular weight is 283 g/mol. The average Bonchev–Trinajstić information content (AvgIpc) is 2.76. The highest BCUT2D eigenvalue weighted by Crippen LogP contribution is 2.20. The number of anilines is 2. The Hall–Kier alpha value is -1.60. The van der Waals surface area contributed by atoms with Crippen molar-refractivity contribution in [3.63, 3.8) is 0 Å². The summed E-state index contributed by atoms with van der Waals surface area (Å²) in [5.74, 6) is 0. The van der Waals surface area contributed by atoms with Crippen LogP contribution in [-0.4, -0.2) is 13.4 Å². The zero-order valence-corrected chi connectivity index (χ0v) is 11.4. The third-order valence-electron chi connectivity index (χ3n) is 2.33. The highest BCUT2D eigenvalue weighted by atomic mass is 32.2. The highest BCUT2D eigenvalue weighted by Gasteiger charge is 2.15. The van der Waals surface area contributed by atoms with E-state index in [1.165, 1.54) is 23.5 Å². The fourth-order valence-electron chi connectivity index (χ4n) is 1.34. The summed E-state index contributed by atoms with van der Waals surface area (Å²) in [6.45, 7) is 1.97. The number of thiazole rings is 1. The van der Waals surface area contributed by atoms with Gasteiger partial charge < -0.3 is 5.73 Å². The Balaban J connectivity index is 2.24. The maximum Gasteiger partial charge on any atom is 0.263 e. The molecule has 96 valence electrons. The first-order chi connectivity index (χ1) is 8.51. The molecule has 5 nitrogen and oxygen atoms in total. The molecule has 0 aliphatic rings. The molecule has 2 rings (SSSR count). The number of nitrogens with one attached hydrogen (secondary N) is 1. The van der Waals surface area contributed by atoms with Gasteiger partial charge in [0.2, 0.25) is 0 Å². The smallest absolute Gasteiger partial charge is 0.263 e. The summed E-state index contributed by atoms with van der Waals surface area (Å²) in [7, 11) is -3.58. The zero-order valence-electron chi connectivity index (χ0n) is 9.75. The molecule has 0 fully saturated rings. The number of benzene rings is 1. The van der Waals surface area contributed by atoms with Crippen LogP contribution in [0, 0.1) is 0 Å². The van der Waals surface area contributed by atoms with Gasteiger partial charge in [0.25, 0.3) is 10.0 Å².